The molecule has 0 aliphatic carbocycles. The first-order valence-electron chi connectivity index (χ1n) is 7.71. The summed E-state index contributed by atoms with van der Waals surface area (Å²) in [4.78, 5) is 22.3. The standard InChI is InChI=1S/C16H13FN6O3S/c1-10(15(24)18-11-7-8-13(17)14(9-11)23(25)26)27-16-19-20-21-22(16)12-5-3-2-4-6-12/h2-10H,1H3,(H,18,24). The molecular weight excluding hydrogens is 375 g/mol. The number of nitro groups is 1. The number of hydrogen-bond acceptors (Lipinski definition) is 7. The summed E-state index contributed by atoms with van der Waals surface area (Å²) in [6.45, 7) is 1.64. The van der Waals surface area contributed by atoms with E-state index in [1.54, 1.807) is 6.92 Å². The average molecular weight is 388 g/mol. The van der Waals surface area contributed by atoms with Crippen molar-refractivity contribution in [2.75, 3.05) is 5.32 Å². The van der Waals surface area contributed by atoms with Gasteiger partial charge < -0.3 is 5.32 Å². The zero-order valence-corrected chi connectivity index (χ0v) is 14.8. The molecule has 3 aromatic rings. The zero-order valence-electron chi connectivity index (χ0n) is 13.9. The van der Waals surface area contributed by atoms with Gasteiger partial charge in [-0.25, -0.2) is 0 Å². The van der Waals surface area contributed by atoms with Crippen LogP contribution in [0.15, 0.2) is 53.7 Å². The van der Waals surface area contributed by atoms with Gasteiger partial charge >= 0.3 is 5.69 Å². The number of amides is 1. The third kappa shape index (κ3) is 4.26. The van der Waals surface area contributed by atoms with Crippen LogP contribution in [0.5, 0.6) is 0 Å². The Kier molecular flexibility index (Phi) is 5.41. The highest BCUT2D eigenvalue weighted by Gasteiger charge is 2.21. The van der Waals surface area contributed by atoms with Crippen LogP contribution in [0.25, 0.3) is 5.69 Å². The van der Waals surface area contributed by atoms with Crippen molar-refractivity contribution in [2.24, 2.45) is 0 Å². The van der Waals surface area contributed by atoms with Gasteiger partial charge in [-0.2, -0.15) is 9.07 Å². The summed E-state index contributed by atoms with van der Waals surface area (Å²) in [5.74, 6) is -1.40. The molecule has 0 bridgehead atoms. The number of hydrogen-bond donors (Lipinski definition) is 1. The van der Waals surface area contributed by atoms with Gasteiger partial charge in [-0.1, -0.05) is 30.0 Å². The summed E-state index contributed by atoms with van der Waals surface area (Å²) < 4.78 is 14.9. The molecule has 1 amide bonds. The molecule has 0 fully saturated rings. The minimum Gasteiger partial charge on any atom is -0.325 e. The molecule has 1 atom stereocenters. The summed E-state index contributed by atoms with van der Waals surface area (Å²) in [5.41, 5.74) is 0.163. The van der Waals surface area contributed by atoms with Gasteiger partial charge in [0.1, 0.15) is 0 Å². The number of nitro benzene ring substituents is 1. The number of para-hydroxylation sites is 1. The van der Waals surface area contributed by atoms with Crippen LogP contribution in [0.3, 0.4) is 0 Å². The number of anilines is 1. The van der Waals surface area contributed by atoms with E-state index in [0.29, 0.717) is 5.16 Å². The Labute approximate surface area is 156 Å². The molecule has 1 unspecified atom stereocenters. The maximum atomic E-state index is 13.4. The maximum absolute atomic E-state index is 13.4. The Bertz CT molecular complexity index is 981. The van der Waals surface area contributed by atoms with Crippen molar-refractivity contribution in [1.29, 1.82) is 0 Å². The predicted octanol–water partition coefficient (Wildman–Crippen LogP) is 2.83. The molecule has 0 aliphatic heterocycles. The number of carbonyl (C=O) groups excluding carboxylic acids is 1. The third-order valence-electron chi connectivity index (χ3n) is 3.50. The molecule has 1 heterocycles. The van der Waals surface area contributed by atoms with Gasteiger partial charge in [0.25, 0.3) is 0 Å². The fourth-order valence-electron chi connectivity index (χ4n) is 2.17. The van der Waals surface area contributed by atoms with E-state index in [4.69, 9.17) is 0 Å². The normalized spacial score (nSPS) is 11.8. The molecule has 138 valence electrons. The molecule has 0 radical (unpaired) electrons. The molecule has 0 saturated carbocycles. The Hall–Kier alpha value is -3.34. The molecule has 0 spiro atoms. The Morgan fingerprint density at radius 3 is 2.74 bits per heavy atom. The van der Waals surface area contributed by atoms with Crippen LogP contribution in [0, 0.1) is 15.9 Å². The van der Waals surface area contributed by atoms with Gasteiger partial charge in [-0.05, 0) is 41.6 Å². The van der Waals surface area contributed by atoms with Crippen LogP contribution in [0.2, 0.25) is 0 Å². The molecular formula is C16H13FN6O3S. The van der Waals surface area contributed by atoms with Crippen LogP contribution in [-0.4, -0.2) is 36.3 Å². The second-order valence-corrected chi connectivity index (χ2v) is 6.69. The first-order valence-corrected chi connectivity index (χ1v) is 8.59. The van der Waals surface area contributed by atoms with Crippen molar-refractivity contribution in [3.05, 3.63) is 64.5 Å². The molecule has 1 N–H and O–H groups in total. The van der Waals surface area contributed by atoms with E-state index in [1.165, 1.54) is 10.7 Å². The van der Waals surface area contributed by atoms with Gasteiger partial charge in [0, 0.05) is 11.8 Å². The molecule has 0 saturated heterocycles. The van der Waals surface area contributed by atoms with E-state index in [-0.39, 0.29) is 5.69 Å². The minimum atomic E-state index is -0.970. The number of halogens is 1. The topological polar surface area (TPSA) is 116 Å². The number of thioether (sulfide) groups is 1. The van der Waals surface area contributed by atoms with E-state index in [9.17, 15) is 19.3 Å². The summed E-state index contributed by atoms with van der Waals surface area (Å²) >= 11 is 1.12. The fraction of sp³-hybridized carbons (Fsp3) is 0.125. The monoisotopic (exact) mass is 388 g/mol. The van der Waals surface area contributed by atoms with Gasteiger partial charge in [-0.15, -0.1) is 5.10 Å². The largest absolute Gasteiger partial charge is 0.325 e. The van der Waals surface area contributed by atoms with Crippen molar-refractivity contribution in [3.8, 4) is 5.69 Å². The summed E-state index contributed by atoms with van der Waals surface area (Å²) in [6, 6.07) is 12.3. The lowest BCUT2D eigenvalue weighted by Crippen LogP contribution is -2.23. The first-order chi connectivity index (χ1) is 13.0. The lowest BCUT2D eigenvalue weighted by molar-refractivity contribution is -0.387. The number of benzene rings is 2. The average Bonchev–Trinajstić information content (AvgIpc) is 3.11. The van der Waals surface area contributed by atoms with E-state index < -0.39 is 27.6 Å². The van der Waals surface area contributed by atoms with Gasteiger partial charge in [0.05, 0.1) is 15.9 Å². The van der Waals surface area contributed by atoms with Crippen LogP contribution in [-0.2, 0) is 4.79 Å². The smallest absolute Gasteiger partial charge is 0.306 e. The van der Waals surface area contributed by atoms with Crippen LogP contribution >= 0.6 is 11.8 Å². The maximum Gasteiger partial charge on any atom is 0.306 e. The van der Waals surface area contributed by atoms with E-state index in [1.807, 2.05) is 30.3 Å². The Morgan fingerprint density at radius 1 is 1.30 bits per heavy atom. The summed E-state index contributed by atoms with van der Waals surface area (Å²) in [5, 5.41) is 24.6. The zero-order chi connectivity index (χ0) is 19.4. The molecule has 3 rings (SSSR count). The molecule has 27 heavy (non-hydrogen) atoms. The number of rotatable bonds is 6. The molecule has 2 aromatic carbocycles. The summed E-state index contributed by atoms with van der Waals surface area (Å²) in [6.07, 6.45) is 0. The van der Waals surface area contributed by atoms with Crippen LogP contribution in [0.4, 0.5) is 15.8 Å². The fourth-order valence-corrected chi connectivity index (χ4v) is 2.98. The van der Waals surface area contributed by atoms with E-state index in [0.717, 1.165) is 29.6 Å². The van der Waals surface area contributed by atoms with Gasteiger partial charge in [0.15, 0.2) is 0 Å². The van der Waals surface area contributed by atoms with Crippen LogP contribution < -0.4 is 5.32 Å². The van der Waals surface area contributed by atoms with Gasteiger partial charge in [0.2, 0.25) is 16.9 Å². The molecule has 0 aliphatic rings. The van der Waals surface area contributed by atoms with Crippen LogP contribution in [0.1, 0.15) is 6.92 Å². The molecule has 1 aromatic heterocycles. The van der Waals surface area contributed by atoms with E-state index in [2.05, 4.69) is 20.8 Å². The number of nitrogens with zero attached hydrogens (tertiary/aromatic N) is 5. The van der Waals surface area contributed by atoms with Crippen molar-refractivity contribution < 1.29 is 14.1 Å². The lowest BCUT2D eigenvalue weighted by Gasteiger charge is -2.11. The highest BCUT2D eigenvalue weighted by Crippen LogP contribution is 2.25. The molecule has 9 nitrogen and oxygen atoms in total. The number of nitrogens with one attached hydrogen (secondary N) is 1. The second-order valence-electron chi connectivity index (χ2n) is 5.38. The highest BCUT2D eigenvalue weighted by molar-refractivity contribution is 8.00. The Balaban J connectivity index is 1.72. The number of tetrazole rings is 1. The lowest BCUT2D eigenvalue weighted by atomic mass is 10.2. The highest BCUT2D eigenvalue weighted by atomic mass is 32.2. The van der Waals surface area contributed by atoms with Crippen molar-refractivity contribution in [2.45, 2.75) is 17.3 Å². The number of carbonyl (C=O) groups is 1. The predicted molar refractivity (Wildman–Crippen MR) is 96.2 cm³/mol. The van der Waals surface area contributed by atoms with Crippen molar-refractivity contribution >= 4 is 29.0 Å². The molecule has 11 heteroatoms. The summed E-state index contributed by atoms with van der Waals surface area (Å²) in [7, 11) is 0. The van der Waals surface area contributed by atoms with E-state index >= 15 is 0 Å². The minimum absolute atomic E-state index is 0.128. The number of aromatic nitrogens is 4. The van der Waals surface area contributed by atoms with Crippen molar-refractivity contribution in [3.63, 3.8) is 0 Å². The van der Waals surface area contributed by atoms with Gasteiger partial charge in [-0.3, -0.25) is 14.9 Å². The third-order valence-corrected chi connectivity index (χ3v) is 4.54. The Morgan fingerprint density at radius 2 is 2.04 bits per heavy atom. The first kappa shape index (κ1) is 18.5. The second kappa shape index (κ2) is 7.91. The van der Waals surface area contributed by atoms with Crippen molar-refractivity contribution in [1.82, 2.24) is 20.2 Å². The SMILES string of the molecule is CC(Sc1nnnn1-c1ccccc1)C(=O)Nc1ccc(F)c([N+](=O)[O-])c1. The quantitative estimate of drug-likeness (QED) is 0.392.